The molecule has 0 aliphatic heterocycles. The molecule has 0 aromatic carbocycles. The minimum Gasteiger partial charge on any atom is -0.601 e. The van der Waals surface area contributed by atoms with Crippen LogP contribution in [0.3, 0.4) is 0 Å². The molecule has 0 fully saturated rings. The zero-order valence-corrected chi connectivity index (χ0v) is 19.9. The van der Waals surface area contributed by atoms with E-state index in [9.17, 15) is 0 Å². The quantitative estimate of drug-likeness (QED) is 0.289. The van der Waals surface area contributed by atoms with E-state index < -0.39 is 0 Å². The van der Waals surface area contributed by atoms with Gasteiger partial charge in [-0.2, -0.15) is 21.7 Å². The van der Waals surface area contributed by atoms with Crippen LogP contribution in [0.2, 0.25) is 0 Å². The van der Waals surface area contributed by atoms with Crippen molar-refractivity contribution in [1.82, 2.24) is 0 Å². The van der Waals surface area contributed by atoms with Crippen LogP contribution in [0.1, 0.15) is 62.3 Å². The predicted molar refractivity (Wildman–Crippen MR) is 98.3 cm³/mol. The molecule has 0 spiro atoms. The van der Waals surface area contributed by atoms with Gasteiger partial charge in [0.1, 0.15) is 0 Å². The van der Waals surface area contributed by atoms with E-state index in [1.807, 2.05) is 0 Å². The van der Waals surface area contributed by atoms with Crippen LogP contribution in [0.4, 0.5) is 0 Å². The molecule has 21 heavy (non-hydrogen) atoms. The molecule has 0 heterocycles. The molecule has 2 radical (unpaired) electrons. The SMILES string of the molecule is C.C.CCC.CCC.[CH-]=CN=[C-]C.[CH-]=CN=[C-]CP.[Y].[Y]. The molecule has 0 bridgehead atoms. The summed E-state index contributed by atoms with van der Waals surface area (Å²) in [5, 5.41) is 0. The monoisotopic (exact) mass is 464 g/mol. The Balaban J connectivity index is -0.0000000175. The molecule has 0 saturated carbocycles. The Morgan fingerprint density at radius 2 is 1.19 bits per heavy atom. The smallest absolute Gasteiger partial charge is 0 e. The summed E-state index contributed by atoms with van der Waals surface area (Å²) in [6.07, 6.45) is 10.7. The molecule has 0 aromatic heterocycles. The first-order valence-corrected chi connectivity index (χ1v) is 6.54. The summed E-state index contributed by atoms with van der Waals surface area (Å²) in [6, 6.07) is 0. The number of hydrogen-bond acceptors (Lipinski definition) is 2. The summed E-state index contributed by atoms with van der Waals surface area (Å²) < 4.78 is 0. The maximum Gasteiger partial charge on any atom is 0 e. The topological polar surface area (TPSA) is 24.7 Å². The van der Waals surface area contributed by atoms with Crippen LogP contribution >= 0.6 is 9.24 Å². The van der Waals surface area contributed by atoms with E-state index in [1.54, 1.807) is 6.92 Å². The van der Waals surface area contributed by atoms with Crippen molar-refractivity contribution in [2.75, 3.05) is 6.16 Å². The predicted octanol–water partition coefficient (Wildman–Crippen LogP) is 5.76. The largest absolute Gasteiger partial charge is 0.601 e. The van der Waals surface area contributed by atoms with Crippen molar-refractivity contribution in [2.24, 2.45) is 9.98 Å². The van der Waals surface area contributed by atoms with E-state index in [4.69, 9.17) is 13.2 Å². The summed E-state index contributed by atoms with van der Waals surface area (Å²) in [4.78, 5) is 6.85. The Hall–Kier alpha value is 1.46. The van der Waals surface area contributed by atoms with E-state index in [-0.39, 0.29) is 80.3 Å². The molecule has 1 atom stereocenters. The summed E-state index contributed by atoms with van der Waals surface area (Å²) in [5.74, 6) is 0. The fraction of sp³-hybridized carbons (Fsp3) is 0.625. The average molecular weight is 464 g/mol. The van der Waals surface area contributed by atoms with Crippen molar-refractivity contribution in [2.45, 2.75) is 62.3 Å². The number of hydrogen-bond donors (Lipinski definition) is 0. The second kappa shape index (κ2) is 82.1. The molecule has 0 aromatic rings. The minimum atomic E-state index is 0. The van der Waals surface area contributed by atoms with Crippen LogP contribution < -0.4 is 0 Å². The van der Waals surface area contributed by atoms with Gasteiger partial charge >= 0.3 is 0 Å². The van der Waals surface area contributed by atoms with E-state index in [1.165, 1.54) is 25.2 Å². The van der Waals surface area contributed by atoms with Crippen molar-refractivity contribution >= 4 is 21.7 Å². The van der Waals surface area contributed by atoms with E-state index in [0.29, 0.717) is 0 Å². The molecule has 0 rings (SSSR count). The van der Waals surface area contributed by atoms with Gasteiger partial charge in [-0.05, 0) is 0 Å². The van der Waals surface area contributed by atoms with Gasteiger partial charge in [-0.1, -0.05) is 61.6 Å². The zero-order valence-electron chi connectivity index (χ0n) is 13.1. The van der Waals surface area contributed by atoms with Crippen molar-refractivity contribution in [1.29, 1.82) is 0 Å². The Kier molecular flexibility index (Phi) is 193. The fourth-order valence-electron chi connectivity index (χ4n) is 0.180. The summed E-state index contributed by atoms with van der Waals surface area (Å²) in [5.41, 5.74) is 0. The summed E-state index contributed by atoms with van der Waals surface area (Å²) >= 11 is 0. The van der Waals surface area contributed by atoms with Gasteiger partial charge in [-0.25, -0.2) is 0 Å². The van der Waals surface area contributed by atoms with E-state index in [2.05, 4.69) is 59.3 Å². The van der Waals surface area contributed by atoms with Crippen molar-refractivity contribution in [3.63, 3.8) is 0 Å². The van der Waals surface area contributed by atoms with Crippen LogP contribution in [-0.4, -0.2) is 18.6 Å². The molecular formula is C16H35N2PY2-4. The number of rotatable bonds is 3. The summed E-state index contributed by atoms with van der Waals surface area (Å²) in [6.45, 7) is 19.8. The van der Waals surface area contributed by atoms with Gasteiger partial charge < -0.3 is 35.5 Å². The molecule has 0 aliphatic carbocycles. The third-order valence-electron chi connectivity index (χ3n) is 0.461. The van der Waals surface area contributed by atoms with Crippen molar-refractivity contribution in [3.8, 4) is 0 Å². The average Bonchev–Trinajstić information content (AvgIpc) is 2.30. The molecular weight excluding hydrogens is 429 g/mol. The maximum atomic E-state index is 4.85. The first kappa shape index (κ1) is 49.5. The van der Waals surface area contributed by atoms with Gasteiger partial charge in [0.15, 0.2) is 0 Å². The Labute approximate surface area is 189 Å². The number of aliphatic imine (C=N–C) groups is 2. The maximum absolute atomic E-state index is 4.85. The molecule has 124 valence electrons. The van der Waals surface area contributed by atoms with Crippen LogP contribution in [0.5, 0.6) is 0 Å². The van der Waals surface area contributed by atoms with Gasteiger partial charge in [0.2, 0.25) is 0 Å². The third kappa shape index (κ3) is 195. The standard InChI is InChI=1S/C4H6NP.C4H5N.2C3H8.2CH4.2Y/c1-2-5-3-4-6;1-3-5-4-2;2*1-3-2;;;;/h1-2H,4,6H2;1,3H,2H3;2*3H2,1-2H3;2*1H4;;/q2*-2;;;;;;. The van der Waals surface area contributed by atoms with Crippen LogP contribution in [0.15, 0.2) is 22.4 Å². The second-order valence-electron chi connectivity index (χ2n) is 2.56. The van der Waals surface area contributed by atoms with Gasteiger partial charge in [-0.15, -0.1) is 6.92 Å². The normalized spacial score (nSPS) is 6.57. The molecule has 5 heteroatoms. The first-order valence-electron chi connectivity index (χ1n) is 5.72. The second-order valence-corrected chi connectivity index (χ2v) is 2.96. The van der Waals surface area contributed by atoms with Crippen LogP contribution in [-0.2, 0) is 65.4 Å². The molecule has 0 saturated heterocycles. The zero-order chi connectivity index (χ0) is 14.4. The van der Waals surface area contributed by atoms with Crippen molar-refractivity contribution < 1.29 is 65.4 Å². The van der Waals surface area contributed by atoms with E-state index >= 15 is 0 Å². The Morgan fingerprint density at radius 3 is 1.24 bits per heavy atom. The number of nitrogens with zero attached hydrogens (tertiary/aromatic N) is 2. The van der Waals surface area contributed by atoms with Gasteiger partial charge in [0, 0.05) is 65.4 Å². The fourth-order valence-corrected chi connectivity index (χ4v) is 0.285. The van der Waals surface area contributed by atoms with Crippen LogP contribution in [0, 0.1) is 13.2 Å². The van der Waals surface area contributed by atoms with Gasteiger partial charge in [0.05, 0.1) is 0 Å². The Bertz CT molecular complexity index is 172. The molecule has 1 unspecified atom stereocenters. The Morgan fingerprint density at radius 1 is 0.905 bits per heavy atom. The third-order valence-corrected chi connectivity index (χ3v) is 0.643. The molecule has 2 nitrogen and oxygen atoms in total. The van der Waals surface area contributed by atoms with Crippen LogP contribution in [0.25, 0.3) is 0 Å². The van der Waals surface area contributed by atoms with Crippen molar-refractivity contribution in [3.05, 3.63) is 25.6 Å². The van der Waals surface area contributed by atoms with Gasteiger partial charge in [-0.3, -0.25) is 0 Å². The minimum absolute atomic E-state index is 0. The molecule has 0 N–H and O–H groups in total. The first-order chi connectivity index (χ1) is 8.16. The summed E-state index contributed by atoms with van der Waals surface area (Å²) in [7, 11) is 2.45. The van der Waals surface area contributed by atoms with Gasteiger partial charge in [0.25, 0.3) is 0 Å². The van der Waals surface area contributed by atoms with E-state index in [0.717, 1.165) is 6.16 Å². The molecule has 0 amide bonds. The molecule has 0 aliphatic rings.